The quantitative estimate of drug-likeness (QED) is 0.0275. The Morgan fingerprint density at radius 3 is 0.929 bits per heavy atom. The van der Waals surface area contributed by atoms with Crippen LogP contribution in [0.15, 0.2) is 56.1 Å². The van der Waals surface area contributed by atoms with Gasteiger partial charge in [0.1, 0.15) is 22.1 Å². The Morgan fingerprint density at radius 2 is 0.589 bits per heavy atom. The van der Waals surface area contributed by atoms with E-state index in [4.69, 9.17) is 23.0 Å². The summed E-state index contributed by atoms with van der Waals surface area (Å²) in [6.45, 7) is 30.0. The maximum absolute atomic E-state index is 6.21. The van der Waals surface area contributed by atoms with Gasteiger partial charge in [-0.15, -0.1) is 45.3 Å². The molecule has 112 heavy (non-hydrogen) atoms. The van der Waals surface area contributed by atoms with Crippen molar-refractivity contribution in [3.8, 4) is 10.4 Å². The molecule has 2 fully saturated rings. The Hall–Kier alpha value is -2.71. The number of nitrogens with zero attached hydrogens (tertiary/aromatic N) is 4. The number of fused-ring (bicyclic) bond motifs is 6. The Balaban J connectivity index is 0.000000185. The van der Waals surface area contributed by atoms with Gasteiger partial charge in [0.15, 0.2) is 0 Å². The zero-order chi connectivity index (χ0) is 79.7. The number of benzene rings is 4. The Labute approximate surface area is 719 Å². The first kappa shape index (κ1) is 91.6. The average molecular weight is 1760 g/mol. The van der Waals surface area contributed by atoms with Crippen LogP contribution in [0.4, 0.5) is 0 Å². The minimum Gasteiger partial charge on any atom is -0.399 e. The second-order valence-electron chi connectivity index (χ2n) is 35.0. The Morgan fingerprint density at radius 1 is 0.312 bits per heavy atom. The maximum Gasteiger partial charge on any atom is 0.497 e. The molecule has 0 radical (unpaired) electrons. The molecule has 8 heterocycles. The van der Waals surface area contributed by atoms with Crippen LogP contribution in [0.2, 0.25) is 0 Å². The summed E-state index contributed by atoms with van der Waals surface area (Å²) < 4.78 is 52.1. The number of unbranched alkanes of at least 4 members (excludes halogenated alkanes) is 36. The summed E-state index contributed by atoms with van der Waals surface area (Å²) in [6.07, 6.45) is 60.6. The highest BCUT2D eigenvalue weighted by atomic mass is 79.9. The first-order valence-corrected chi connectivity index (χ1v) is 50.9. The second-order valence-corrected chi connectivity index (χ2v) is 43.2. The third kappa shape index (κ3) is 24.8. The fraction of sp³-hybridized carbons (Fsp3) is 0.660. The number of hydrogen-bond acceptors (Lipinski definition) is 14. The number of halogens is 2. The van der Waals surface area contributed by atoms with Gasteiger partial charge in [0, 0.05) is 45.0 Å². The normalized spacial score (nSPS) is 15.2. The summed E-state index contributed by atoms with van der Waals surface area (Å²) in [7, 11) is -0.956. The average Bonchev–Trinajstić information content (AvgIpc) is 1.58. The summed E-state index contributed by atoms with van der Waals surface area (Å²) in [5.74, 6) is 0. The van der Waals surface area contributed by atoms with E-state index in [1.54, 1.807) is 46.4 Å². The predicted molar refractivity (Wildman–Crippen MR) is 507 cm³/mol. The standard InChI is InChI=1S/C42H60N2S3.C34H52Br2S2.C18H26B2N2O4S/c1-5-7-9-11-13-15-17-19-21-23-25-33-36-29-32(4)45-41(36)34(26-24-22-20-18-16-14-12-10-8-6-2)37-30-38(46-42(33)37)35-28-27-31(3)39-40(35)44-47-43-39;1-3-5-7-9-11-13-15-17-19-21-23-27-29-25-31(35)38-34(29)28(30-26-32(36)37-33(27)30)24-22-20-18-16-14-12-10-8-6-4-2;1-15(2)16(3,4)24-19(23-15)11-9-10-12(14-13(11)21-27-22-14)20-25-17(5,6)18(7,8)26-20/h27-30H,5-26H2,1-4H3;25-26H,3-24H2,1-2H3;9-10H,1-8H3. The second kappa shape index (κ2) is 45.6. The number of hydrogen-bond donors (Lipinski definition) is 0. The predicted octanol–water partition coefficient (Wildman–Crippen LogP) is 32.2. The van der Waals surface area contributed by atoms with Crippen LogP contribution in [0.25, 0.3) is 72.9 Å². The van der Waals surface area contributed by atoms with Gasteiger partial charge in [-0.05, 0) is 226 Å². The molecule has 18 heteroatoms. The van der Waals surface area contributed by atoms with E-state index < -0.39 is 36.6 Å². The van der Waals surface area contributed by atoms with Crippen molar-refractivity contribution in [1.29, 1.82) is 0 Å². The molecule has 12 rings (SSSR count). The molecular weight excluding hydrogens is 1620 g/mol. The summed E-state index contributed by atoms with van der Waals surface area (Å²) in [5.41, 5.74) is 12.8. The lowest BCUT2D eigenvalue weighted by Gasteiger charge is -2.32. The minimum absolute atomic E-state index is 0.405. The summed E-state index contributed by atoms with van der Waals surface area (Å²) in [5, 5.41) is 6.13. The SMILES string of the molecule is CC1(C)OB(c2ccc(B3OC(C)(C)C(C)(C)O3)c3nsnc23)OC1(C)C.CCCCCCCCCCCCc1c2cc(-c3ccc(C)c4nsnc34)sc2c(CCCCCCCCCCCC)c2cc(C)sc12.CCCCCCCCCCCCc1c2cc(Br)sc2c(CCCCCCCCCCCC)c2cc(Br)sc12. The Kier molecular flexibility index (Phi) is 37.3. The van der Waals surface area contributed by atoms with Crippen molar-refractivity contribution in [2.45, 2.75) is 402 Å². The molecule has 0 aliphatic carbocycles. The molecule has 0 saturated carbocycles. The van der Waals surface area contributed by atoms with Crippen LogP contribution >= 0.6 is 101 Å². The molecule has 614 valence electrons. The van der Waals surface area contributed by atoms with Gasteiger partial charge in [-0.1, -0.05) is 283 Å². The van der Waals surface area contributed by atoms with Crippen LogP contribution in [-0.4, -0.2) is 54.1 Å². The molecule has 10 aromatic rings. The van der Waals surface area contributed by atoms with E-state index in [-0.39, 0.29) is 0 Å². The minimum atomic E-state index is -0.478. The van der Waals surface area contributed by atoms with E-state index in [2.05, 4.69) is 123 Å². The maximum atomic E-state index is 6.21. The largest absolute Gasteiger partial charge is 0.497 e. The van der Waals surface area contributed by atoms with Gasteiger partial charge in [-0.2, -0.15) is 17.5 Å². The zero-order valence-corrected chi connectivity index (χ0v) is 79.6. The molecule has 0 N–H and O–H groups in total. The summed E-state index contributed by atoms with van der Waals surface area (Å²) in [6, 6.07) is 18.4. The molecule has 0 bridgehead atoms. The van der Waals surface area contributed by atoms with Gasteiger partial charge >= 0.3 is 14.2 Å². The van der Waals surface area contributed by atoms with Crippen molar-refractivity contribution in [3.05, 3.63) is 88.8 Å². The highest BCUT2D eigenvalue weighted by Crippen LogP contribution is 2.49. The van der Waals surface area contributed by atoms with Crippen molar-refractivity contribution in [2.75, 3.05) is 0 Å². The van der Waals surface area contributed by atoms with E-state index >= 15 is 0 Å². The lowest BCUT2D eigenvalue weighted by molar-refractivity contribution is 0.00578. The monoisotopic (exact) mass is 1760 g/mol. The smallest absolute Gasteiger partial charge is 0.399 e. The molecule has 4 aromatic carbocycles. The molecule has 0 atom stereocenters. The molecule has 6 aromatic heterocycles. The molecular formula is C94H138B2Br2N4O4S6. The van der Waals surface area contributed by atoms with Crippen LogP contribution in [-0.2, 0) is 44.3 Å². The lowest BCUT2D eigenvalue weighted by Crippen LogP contribution is -2.41. The van der Waals surface area contributed by atoms with E-state index in [9.17, 15) is 0 Å². The van der Waals surface area contributed by atoms with Crippen molar-refractivity contribution >= 4 is 188 Å². The third-order valence-corrected chi connectivity index (χ3v) is 31.7. The van der Waals surface area contributed by atoms with Gasteiger partial charge < -0.3 is 18.6 Å². The summed E-state index contributed by atoms with van der Waals surface area (Å²) >= 11 is 18.2. The number of aryl methyl sites for hydroxylation is 6. The first-order chi connectivity index (χ1) is 54.1. The number of aromatic nitrogens is 4. The lowest BCUT2D eigenvalue weighted by atomic mass is 9.72. The van der Waals surface area contributed by atoms with Gasteiger partial charge in [-0.3, -0.25) is 0 Å². The molecule has 0 spiro atoms. The van der Waals surface area contributed by atoms with Gasteiger partial charge in [0.25, 0.3) is 0 Å². The highest BCUT2D eigenvalue weighted by Gasteiger charge is 2.55. The fourth-order valence-corrected chi connectivity index (χ4v) is 23.7. The van der Waals surface area contributed by atoms with Gasteiger partial charge in [0.05, 0.1) is 53.4 Å². The molecule has 0 unspecified atom stereocenters. The summed E-state index contributed by atoms with van der Waals surface area (Å²) in [4.78, 5) is 2.82. The Bertz CT molecular complexity index is 4170. The number of thiophene rings is 4. The first-order valence-electron chi connectivity index (χ1n) is 44.6. The van der Waals surface area contributed by atoms with E-state index in [1.807, 2.05) is 113 Å². The van der Waals surface area contributed by atoms with Crippen molar-refractivity contribution < 1.29 is 18.6 Å². The highest BCUT2D eigenvalue weighted by molar-refractivity contribution is 9.11. The van der Waals surface area contributed by atoms with Crippen LogP contribution in [0.3, 0.4) is 0 Å². The molecule has 2 aliphatic heterocycles. The molecule has 8 nitrogen and oxygen atoms in total. The van der Waals surface area contributed by atoms with E-state index in [1.165, 1.54) is 351 Å². The third-order valence-electron chi connectivity index (χ3n) is 24.9. The van der Waals surface area contributed by atoms with Gasteiger partial charge in [0.2, 0.25) is 0 Å². The van der Waals surface area contributed by atoms with Crippen molar-refractivity contribution in [2.24, 2.45) is 0 Å². The van der Waals surface area contributed by atoms with Crippen LogP contribution in [0.5, 0.6) is 0 Å². The van der Waals surface area contributed by atoms with E-state index in [0.717, 1.165) is 33.0 Å². The number of rotatable bonds is 47. The molecule has 0 amide bonds. The fourth-order valence-electron chi connectivity index (χ4n) is 16.6. The van der Waals surface area contributed by atoms with E-state index in [0.29, 0.717) is 0 Å². The van der Waals surface area contributed by atoms with Crippen molar-refractivity contribution in [1.82, 2.24) is 17.5 Å². The van der Waals surface area contributed by atoms with Crippen LogP contribution in [0, 0.1) is 13.8 Å². The topological polar surface area (TPSA) is 88.5 Å². The zero-order valence-electron chi connectivity index (χ0n) is 71.5. The van der Waals surface area contributed by atoms with Gasteiger partial charge in [-0.25, -0.2) is 0 Å². The molecule has 2 saturated heterocycles. The van der Waals surface area contributed by atoms with Crippen LogP contribution < -0.4 is 10.9 Å². The van der Waals surface area contributed by atoms with Crippen molar-refractivity contribution in [3.63, 3.8) is 0 Å². The molecule has 2 aliphatic rings. The van der Waals surface area contributed by atoms with Crippen LogP contribution in [0.1, 0.15) is 373 Å².